The largest absolute Gasteiger partial charge is 0.422 e. The average molecular weight is 329 g/mol. The first-order chi connectivity index (χ1) is 11.2. The van der Waals surface area contributed by atoms with Crippen LogP contribution in [0.25, 0.3) is 11.2 Å². The van der Waals surface area contributed by atoms with Crippen LogP contribution in [0.2, 0.25) is 0 Å². The van der Waals surface area contributed by atoms with Crippen LogP contribution in [-0.4, -0.2) is 51.9 Å². The molecule has 4 rings (SSSR count). The number of thiazole rings is 1. The van der Waals surface area contributed by atoms with Crippen molar-refractivity contribution in [3.05, 3.63) is 34.4 Å². The van der Waals surface area contributed by atoms with E-state index in [0.29, 0.717) is 49.1 Å². The summed E-state index contributed by atoms with van der Waals surface area (Å²) in [7, 11) is 0. The minimum atomic E-state index is -0.0132. The second kappa shape index (κ2) is 5.62. The normalized spacial score (nSPS) is 15.3. The number of nitrogens with zero attached hydrogens (tertiary/aromatic N) is 5. The Hall–Kier alpha value is -2.48. The lowest BCUT2D eigenvalue weighted by Gasteiger charge is -2.33. The number of carbonyl (C=O) groups excluding carboxylic acids is 1. The third-order valence-electron chi connectivity index (χ3n) is 3.87. The van der Waals surface area contributed by atoms with Gasteiger partial charge < -0.3 is 14.2 Å². The van der Waals surface area contributed by atoms with Gasteiger partial charge >= 0.3 is 0 Å². The molecule has 1 aliphatic heterocycles. The van der Waals surface area contributed by atoms with Crippen molar-refractivity contribution in [3.63, 3.8) is 0 Å². The van der Waals surface area contributed by atoms with E-state index in [9.17, 15) is 4.79 Å². The predicted molar refractivity (Wildman–Crippen MR) is 86.8 cm³/mol. The lowest BCUT2D eigenvalue weighted by molar-refractivity contribution is 0.0740. The topological polar surface area (TPSA) is 75.4 Å². The zero-order valence-corrected chi connectivity index (χ0v) is 13.4. The molecule has 7 nitrogen and oxygen atoms in total. The Morgan fingerprint density at radius 2 is 2.04 bits per heavy atom. The fourth-order valence-electron chi connectivity index (χ4n) is 2.62. The van der Waals surface area contributed by atoms with Gasteiger partial charge in [0, 0.05) is 37.3 Å². The molecular formula is C15H15N5O2S. The first kappa shape index (κ1) is 14.1. The fourth-order valence-corrected chi connectivity index (χ4v) is 3.14. The molecule has 8 heteroatoms. The van der Waals surface area contributed by atoms with Crippen LogP contribution < -0.4 is 4.90 Å². The molecule has 1 fully saturated rings. The maximum Gasteiger partial charge on any atom is 0.300 e. The summed E-state index contributed by atoms with van der Waals surface area (Å²) in [5, 5.41) is 1.78. The van der Waals surface area contributed by atoms with Crippen molar-refractivity contribution in [3.8, 4) is 0 Å². The van der Waals surface area contributed by atoms with E-state index < -0.39 is 0 Å². The van der Waals surface area contributed by atoms with Crippen LogP contribution in [0.15, 0.2) is 27.4 Å². The van der Waals surface area contributed by atoms with Crippen molar-refractivity contribution in [1.82, 2.24) is 19.9 Å². The molecule has 23 heavy (non-hydrogen) atoms. The van der Waals surface area contributed by atoms with Gasteiger partial charge in [0.05, 0.1) is 5.51 Å². The second-order valence-corrected chi connectivity index (χ2v) is 6.14. The molecule has 1 saturated heterocycles. The summed E-state index contributed by atoms with van der Waals surface area (Å²) < 4.78 is 5.77. The first-order valence-electron chi connectivity index (χ1n) is 7.37. The Bertz CT molecular complexity index is 837. The molecule has 0 aliphatic carbocycles. The number of hydrogen-bond donors (Lipinski definition) is 0. The van der Waals surface area contributed by atoms with Gasteiger partial charge in [-0.15, -0.1) is 11.3 Å². The molecule has 0 spiro atoms. The number of aromatic nitrogens is 3. The number of amides is 1. The standard InChI is InChI=1S/C15H15N5O2S/c1-10-2-3-12-13(17-10)18-15(22-12)20-6-4-19(5-7-20)14(21)11-8-23-9-16-11/h2-3,8-9H,4-7H2,1H3. The summed E-state index contributed by atoms with van der Waals surface area (Å²) in [6, 6.07) is 4.36. The van der Waals surface area contributed by atoms with Crippen LogP contribution >= 0.6 is 11.3 Å². The SMILES string of the molecule is Cc1ccc2oc(N3CCN(C(=O)c4cscn4)CC3)nc2n1. The molecule has 0 radical (unpaired) electrons. The lowest BCUT2D eigenvalue weighted by atomic mass is 10.3. The number of piperazine rings is 1. The fraction of sp³-hybridized carbons (Fsp3) is 0.333. The number of anilines is 1. The number of rotatable bonds is 2. The van der Waals surface area contributed by atoms with Crippen LogP contribution in [0.4, 0.5) is 6.01 Å². The van der Waals surface area contributed by atoms with Crippen LogP contribution in [0.5, 0.6) is 0 Å². The zero-order valence-electron chi connectivity index (χ0n) is 12.6. The van der Waals surface area contributed by atoms with Crippen LogP contribution in [0.3, 0.4) is 0 Å². The molecule has 0 N–H and O–H groups in total. The van der Waals surface area contributed by atoms with Gasteiger partial charge in [0.15, 0.2) is 5.58 Å². The van der Waals surface area contributed by atoms with E-state index in [2.05, 4.69) is 15.0 Å². The quantitative estimate of drug-likeness (QED) is 0.715. The van der Waals surface area contributed by atoms with Crippen molar-refractivity contribution < 1.29 is 9.21 Å². The monoisotopic (exact) mass is 329 g/mol. The van der Waals surface area contributed by atoms with E-state index in [1.54, 1.807) is 10.9 Å². The minimum Gasteiger partial charge on any atom is -0.422 e. The predicted octanol–water partition coefficient (Wildman–Crippen LogP) is 1.95. The highest BCUT2D eigenvalue weighted by Crippen LogP contribution is 2.22. The molecule has 0 aromatic carbocycles. The number of carbonyl (C=O) groups is 1. The van der Waals surface area contributed by atoms with Gasteiger partial charge in [0.2, 0.25) is 5.65 Å². The summed E-state index contributed by atoms with van der Waals surface area (Å²) >= 11 is 1.43. The summed E-state index contributed by atoms with van der Waals surface area (Å²) in [6.45, 7) is 4.54. The van der Waals surface area contributed by atoms with Gasteiger partial charge in [-0.25, -0.2) is 9.97 Å². The third kappa shape index (κ3) is 2.65. The molecule has 1 amide bonds. The summed E-state index contributed by atoms with van der Waals surface area (Å²) in [6.07, 6.45) is 0. The Labute approximate surface area is 136 Å². The summed E-state index contributed by atoms with van der Waals surface area (Å²) in [4.78, 5) is 29.0. The maximum atomic E-state index is 12.3. The number of fused-ring (bicyclic) bond motifs is 1. The molecule has 3 aromatic rings. The smallest absolute Gasteiger partial charge is 0.300 e. The first-order valence-corrected chi connectivity index (χ1v) is 8.31. The maximum absolute atomic E-state index is 12.3. The molecule has 118 valence electrons. The molecule has 0 saturated carbocycles. The van der Waals surface area contributed by atoms with Gasteiger partial charge in [-0.1, -0.05) is 0 Å². The number of aryl methyl sites for hydroxylation is 1. The number of pyridine rings is 1. The van der Waals surface area contributed by atoms with E-state index in [0.717, 1.165) is 5.69 Å². The van der Waals surface area contributed by atoms with E-state index >= 15 is 0 Å². The van der Waals surface area contributed by atoms with Crippen molar-refractivity contribution in [2.75, 3.05) is 31.1 Å². The molecular weight excluding hydrogens is 314 g/mol. The van der Waals surface area contributed by atoms with Gasteiger partial charge in [0.25, 0.3) is 11.9 Å². The van der Waals surface area contributed by atoms with Crippen LogP contribution in [0, 0.1) is 6.92 Å². The van der Waals surface area contributed by atoms with Gasteiger partial charge in [-0.05, 0) is 19.1 Å². The lowest BCUT2D eigenvalue weighted by Crippen LogP contribution is -2.49. The highest BCUT2D eigenvalue weighted by atomic mass is 32.1. The molecule has 0 unspecified atom stereocenters. The Kier molecular flexibility index (Phi) is 3.45. The van der Waals surface area contributed by atoms with Crippen molar-refractivity contribution in [2.45, 2.75) is 6.92 Å². The Morgan fingerprint density at radius 1 is 1.22 bits per heavy atom. The van der Waals surface area contributed by atoms with Gasteiger partial charge in [0.1, 0.15) is 5.69 Å². The summed E-state index contributed by atoms with van der Waals surface area (Å²) in [5.74, 6) is -0.0132. The molecule has 0 bridgehead atoms. The molecule has 0 atom stereocenters. The van der Waals surface area contributed by atoms with Crippen molar-refractivity contribution in [2.24, 2.45) is 0 Å². The van der Waals surface area contributed by atoms with Crippen molar-refractivity contribution >= 4 is 34.5 Å². The number of hydrogen-bond acceptors (Lipinski definition) is 7. The van der Waals surface area contributed by atoms with Crippen LogP contribution in [0.1, 0.15) is 16.2 Å². The van der Waals surface area contributed by atoms with Crippen LogP contribution in [-0.2, 0) is 0 Å². The molecule has 3 aromatic heterocycles. The van der Waals surface area contributed by atoms with Crippen molar-refractivity contribution in [1.29, 1.82) is 0 Å². The Morgan fingerprint density at radius 3 is 2.78 bits per heavy atom. The highest BCUT2D eigenvalue weighted by Gasteiger charge is 2.25. The summed E-state index contributed by atoms with van der Waals surface area (Å²) in [5.41, 5.74) is 4.42. The van der Waals surface area contributed by atoms with E-state index in [1.807, 2.05) is 28.9 Å². The second-order valence-electron chi connectivity index (χ2n) is 5.42. The average Bonchev–Trinajstić information content (AvgIpc) is 3.23. The molecule has 1 aliphatic rings. The van der Waals surface area contributed by atoms with E-state index in [-0.39, 0.29) is 5.91 Å². The number of oxazole rings is 1. The third-order valence-corrected chi connectivity index (χ3v) is 4.46. The van der Waals surface area contributed by atoms with Gasteiger partial charge in [-0.2, -0.15) is 4.98 Å². The highest BCUT2D eigenvalue weighted by molar-refractivity contribution is 7.07. The minimum absolute atomic E-state index is 0.0132. The Balaban J connectivity index is 1.47. The van der Waals surface area contributed by atoms with E-state index in [4.69, 9.17) is 4.42 Å². The van der Waals surface area contributed by atoms with E-state index in [1.165, 1.54) is 11.3 Å². The van der Waals surface area contributed by atoms with Gasteiger partial charge in [-0.3, -0.25) is 4.79 Å². The zero-order chi connectivity index (χ0) is 15.8. The molecule has 4 heterocycles.